The number of alkyl halides is 2. The number of unbranched alkanes of at least 4 members (excludes halogenated alkanes) is 1. The maximum absolute atomic E-state index is 13.3. The molecule has 0 aromatic carbocycles. The molecule has 0 radical (unpaired) electrons. The van der Waals surface area contributed by atoms with E-state index in [1.165, 1.54) is 0 Å². The van der Waals surface area contributed by atoms with Crippen LogP contribution in [0.25, 0.3) is 11.0 Å². The van der Waals surface area contributed by atoms with Crippen molar-refractivity contribution in [1.82, 2.24) is 19.9 Å². The number of nitrogens with zero attached hydrogens (tertiary/aromatic N) is 2. The Kier molecular flexibility index (Phi) is 6.71. The van der Waals surface area contributed by atoms with Crippen LogP contribution in [0.3, 0.4) is 0 Å². The molecule has 27 heavy (non-hydrogen) atoms. The molecule has 0 aliphatic rings. The van der Waals surface area contributed by atoms with Gasteiger partial charge in [-0.2, -0.15) is 8.78 Å². The van der Waals surface area contributed by atoms with Crippen molar-refractivity contribution < 1.29 is 28.2 Å². The number of H-pyrrole nitrogens is 2. The Morgan fingerprint density at radius 2 is 2.00 bits per heavy atom. The summed E-state index contributed by atoms with van der Waals surface area (Å²) in [6.45, 7) is 0.672. The Morgan fingerprint density at radius 3 is 2.63 bits per heavy atom. The van der Waals surface area contributed by atoms with Crippen LogP contribution in [-0.2, 0) is 11.1 Å². The highest BCUT2D eigenvalue weighted by Crippen LogP contribution is 2.55. The molecular weight excluding hydrogens is 387 g/mol. The van der Waals surface area contributed by atoms with E-state index in [0.717, 1.165) is 0 Å². The third kappa shape index (κ3) is 5.33. The van der Waals surface area contributed by atoms with E-state index in [4.69, 9.17) is 15.5 Å². The summed E-state index contributed by atoms with van der Waals surface area (Å²) in [7, 11) is -5.47. The van der Waals surface area contributed by atoms with Crippen molar-refractivity contribution in [2.24, 2.45) is 0 Å². The number of aromatic nitrogens is 3. The summed E-state index contributed by atoms with van der Waals surface area (Å²) in [6.07, 6.45) is 0.802. The van der Waals surface area contributed by atoms with Gasteiger partial charge in [0.15, 0.2) is 0 Å². The fourth-order valence-electron chi connectivity index (χ4n) is 2.68. The molecule has 2 rings (SSSR count). The topological polar surface area (TPSA) is 169 Å². The molecule has 10 nitrogen and oxygen atoms in total. The fraction of sp³-hybridized carbons (Fsp3) is 0.571. The second-order valence-corrected chi connectivity index (χ2v) is 7.90. The van der Waals surface area contributed by atoms with Gasteiger partial charge in [-0.25, -0.2) is 4.98 Å². The number of hydrogen-bond acceptors (Lipinski definition) is 6. The third-order valence-corrected chi connectivity index (χ3v) is 5.15. The van der Waals surface area contributed by atoms with Gasteiger partial charge in [-0.1, -0.05) is 0 Å². The molecule has 0 saturated heterocycles. The van der Waals surface area contributed by atoms with Crippen molar-refractivity contribution in [1.29, 1.82) is 0 Å². The first kappa shape index (κ1) is 21.5. The second-order valence-electron chi connectivity index (χ2n) is 6.16. The smallest absolute Gasteiger partial charge is 0.394 e. The lowest BCUT2D eigenvalue weighted by Crippen LogP contribution is -2.28. The number of nitrogens with one attached hydrogen (secondary N) is 2. The number of aliphatic hydroxyl groups is 1. The van der Waals surface area contributed by atoms with Gasteiger partial charge in [0.25, 0.3) is 5.56 Å². The highest BCUT2D eigenvalue weighted by Gasteiger charge is 2.47. The van der Waals surface area contributed by atoms with E-state index in [2.05, 4.69) is 15.0 Å². The largest absolute Gasteiger partial charge is 0.395 e. The van der Waals surface area contributed by atoms with Gasteiger partial charge < -0.3 is 25.6 Å². The summed E-state index contributed by atoms with van der Waals surface area (Å²) in [4.78, 5) is 40.1. The summed E-state index contributed by atoms with van der Waals surface area (Å²) in [5.41, 5.74) is 2.37. The third-order valence-electron chi connectivity index (χ3n) is 4.07. The van der Waals surface area contributed by atoms with Crippen molar-refractivity contribution in [3.63, 3.8) is 0 Å². The van der Waals surface area contributed by atoms with Gasteiger partial charge in [-0.3, -0.25) is 19.2 Å². The number of anilines is 1. The maximum Gasteiger partial charge on any atom is 0.394 e. The molecule has 13 heteroatoms. The minimum atomic E-state index is -5.47. The predicted molar refractivity (Wildman–Crippen MR) is 94.3 cm³/mol. The van der Waals surface area contributed by atoms with Crippen LogP contribution in [0, 0.1) is 0 Å². The van der Waals surface area contributed by atoms with Gasteiger partial charge in [0, 0.05) is 31.3 Å². The van der Waals surface area contributed by atoms with E-state index in [9.17, 15) is 23.2 Å². The Hall–Kier alpha value is -1.85. The van der Waals surface area contributed by atoms with E-state index >= 15 is 0 Å². The normalized spacial score (nSPS) is 13.0. The molecule has 0 aliphatic heterocycles. The zero-order valence-corrected chi connectivity index (χ0v) is 15.3. The monoisotopic (exact) mass is 409 g/mol. The molecule has 0 aliphatic carbocycles. The standard InChI is InChI=1S/C14H22F2N5O5P/c15-14(16,27(24,25)26)3-1-2-4-21(5-6-22)8-9-7-18-11-10(9)19-13(17)20-12(11)23/h7,18,22H,1-6,8H2,(H2,24,25,26)(H3,17,19,20,23). The first-order valence-corrected chi connectivity index (χ1v) is 9.79. The SMILES string of the molecule is Nc1nc2c(CN(CCO)CCCCC(F)(F)P(=O)(O)O)c[nH]c2c(=O)[nH]1. The lowest BCUT2D eigenvalue weighted by atomic mass is 10.2. The van der Waals surface area contributed by atoms with Gasteiger partial charge in [0.1, 0.15) is 11.0 Å². The highest BCUT2D eigenvalue weighted by molar-refractivity contribution is 7.53. The molecule has 0 bridgehead atoms. The highest BCUT2D eigenvalue weighted by atomic mass is 31.2. The van der Waals surface area contributed by atoms with Crippen LogP contribution in [0.15, 0.2) is 11.0 Å². The molecule has 0 unspecified atom stereocenters. The van der Waals surface area contributed by atoms with Crippen LogP contribution in [-0.4, -0.2) is 60.1 Å². The number of fused-ring (bicyclic) bond motifs is 1. The average Bonchev–Trinajstić information content (AvgIpc) is 2.93. The number of aliphatic hydroxyl groups excluding tert-OH is 1. The summed E-state index contributed by atoms with van der Waals surface area (Å²) < 4.78 is 37.3. The minimum absolute atomic E-state index is 0.0401. The van der Waals surface area contributed by atoms with Gasteiger partial charge in [-0.15, -0.1) is 0 Å². The zero-order chi connectivity index (χ0) is 20.2. The molecule has 0 saturated carbocycles. The molecule has 2 aromatic rings. The number of nitrogens with two attached hydrogens (primary N) is 1. The van der Waals surface area contributed by atoms with Crippen LogP contribution >= 0.6 is 7.60 Å². The minimum Gasteiger partial charge on any atom is -0.395 e. The Morgan fingerprint density at radius 1 is 1.30 bits per heavy atom. The van der Waals surface area contributed by atoms with E-state index in [1.807, 2.05) is 0 Å². The Balaban J connectivity index is 2.00. The molecule has 2 aromatic heterocycles. The quantitative estimate of drug-likeness (QED) is 0.244. The van der Waals surface area contributed by atoms with Crippen molar-refractivity contribution in [2.45, 2.75) is 31.5 Å². The first-order valence-electron chi connectivity index (χ1n) is 8.17. The van der Waals surface area contributed by atoms with Crippen molar-refractivity contribution in [2.75, 3.05) is 25.4 Å². The predicted octanol–water partition coefficient (Wildman–Crippen LogP) is 0.568. The number of rotatable bonds is 10. The fourth-order valence-corrected chi connectivity index (χ4v) is 3.13. The molecular formula is C14H22F2N5O5P. The summed E-state index contributed by atoms with van der Waals surface area (Å²) >= 11 is 0. The molecule has 152 valence electrons. The van der Waals surface area contributed by atoms with E-state index in [-0.39, 0.29) is 44.0 Å². The van der Waals surface area contributed by atoms with Crippen molar-refractivity contribution in [3.05, 3.63) is 22.1 Å². The molecule has 2 heterocycles. The summed E-state index contributed by atoms with van der Waals surface area (Å²) in [6, 6.07) is 0. The molecule has 0 amide bonds. The van der Waals surface area contributed by atoms with E-state index in [0.29, 0.717) is 17.6 Å². The zero-order valence-electron chi connectivity index (χ0n) is 14.4. The maximum atomic E-state index is 13.3. The number of nitrogen functional groups attached to an aromatic ring is 1. The number of hydrogen-bond donors (Lipinski definition) is 6. The van der Waals surface area contributed by atoms with E-state index < -0.39 is 25.2 Å². The number of aromatic amines is 2. The summed E-state index contributed by atoms with van der Waals surface area (Å²) in [5.74, 6) is -0.0401. The van der Waals surface area contributed by atoms with Gasteiger partial charge in [-0.05, 0) is 19.4 Å². The van der Waals surface area contributed by atoms with E-state index in [1.54, 1.807) is 11.1 Å². The van der Waals surface area contributed by atoms with Crippen LogP contribution in [0.2, 0.25) is 0 Å². The Bertz CT molecular complexity index is 880. The van der Waals surface area contributed by atoms with Gasteiger partial charge in [0.2, 0.25) is 5.95 Å². The first-order chi connectivity index (χ1) is 12.5. The lowest BCUT2D eigenvalue weighted by Gasteiger charge is -2.22. The average molecular weight is 409 g/mol. The molecule has 0 atom stereocenters. The second kappa shape index (κ2) is 8.44. The Labute approximate surface area is 152 Å². The van der Waals surface area contributed by atoms with Crippen LogP contribution in [0.5, 0.6) is 0 Å². The molecule has 0 spiro atoms. The van der Waals surface area contributed by atoms with Gasteiger partial charge >= 0.3 is 13.3 Å². The number of halogens is 2. The van der Waals surface area contributed by atoms with Crippen LogP contribution in [0.1, 0.15) is 24.8 Å². The van der Waals surface area contributed by atoms with Gasteiger partial charge in [0.05, 0.1) is 6.61 Å². The van der Waals surface area contributed by atoms with Crippen molar-refractivity contribution in [3.8, 4) is 0 Å². The summed E-state index contributed by atoms with van der Waals surface area (Å²) in [5, 5.41) is 9.20. The molecule has 7 N–H and O–H groups in total. The van der Waals surface area contributed by atoms with Crippen LogP contribution < -0.4 is 11.3 Å². The lowest BCUT2D eigenvalue weighted by molar-refractivity contribution is 0.0467. The molecule has 0 fully saturated rings. The van der Waals surface area contributed by atoms with Crippen molar-refractivity contribution >= 4 is 24.6 Å². The van der Waals surface area contributed by atoms with Crippen LogP contribution in [0.4, 0.5) is 14.7 Å².